The highest BCUT2D eigenvalue weighted by Gasteiger charge is 2.31. The molecule has 0 N–H and O–H groups in total. The predicted octanol–water partition coefficient (Wildman–Crippen LogP) is 3.75. The van der Waals surface area contributed by atoms with Crippen molar-refractivity contribution in [3.63, 3.8) is 0 Å². The highest BCUT2D eigenvalue weighted by atomic mass is 16.5. The first-order valence-corrected chi connectivity index (χ1v) is 7.62. The van der Waals surface area contributed by atoms with Crippen molar-refractivity contribution in [2.24, 2.45) is 0 Å². The number of allylic oxidation sites excluding steroid dienone is 1. The molecule has 22 heavy (non-hydrogen) atoms. The zero-order valence-corrected chi connectivity index (χ0v) is 13.0. The molecule has 0 radical (unpaired) electrons. The maximum atomic E-state index is 12.6. The fourth-order valence-electron chi connectivity index (χ4n) is 2.93. The van der Waals surface area contributed by atoms with Gasteiger partial charge in [-0.2, -0.15) is 0 Å². The summed E-state index contributed by atoms with van der Waals surface area (Å²) < 4.78 is 5.15. The Bertz CT molecular complexity index is 688. The summed E-state index contributed by atoms with van der Waals surface area (Å²) in [6, 6.07) is 11.9. The lowest BCUT2D eigenvalue weighted by Gasteiger charge is -2.21. The molecule has 2 aromatic rings. The van der Waals surface area contributed by atoms with Gasteiger partial charge >= 0.3 is 0 Å². The lowest BCUT2D eigenvalue weighted by Crippen LogP contribution is -2.29. The van der Waals surface area contributed by atoms with Gasteiger partial charge in [-0.05, 0) is 37.8 Å². The minimum absolute atomic E-state index is 0.0322. The number of benzene rings is 1. The fraction of sp³-hybridized carbons (Fsp3) is 0.333. The first-order valence-electron chi connectivity index (χ1n) is 7.62. The average Bonchev–Trinajstić information content (AvgIpc) is 3.16. The molecule has 1 aromatic heterocycles. The molecule has 1 atom stereocenters. The Labute approximate surface area is 130 Å². The van der Waals surface area contributed by atoms with E-state index in [-0.39, 0.29) is 11.9 Å². The zero-order valence-electron chi connectivity index (χ0n) is 13.0. The van der Waals surface area contributed by atoms with E-state index in [9.17, 15) is 4.79 Å². The van der Waals surface area contributed by atoms with E-state index in [1.165, 1.54) is 0 Å². The number of aryl methyl sites for hydroxylation is 1. The van der Waals surface area contributed by atoms with E-state index in [2.05, 4.69) is 5.16 Å². The van der Waals surface area contributed by atoms with E-state index in [0.717, 1.165) is 42.0 Å². The lowest BCUT2D eigenvalue weighted by atomic mass is 10.1. The van der Waals surface area contributed by atoms with Crippen LogP contribution in [0.15, 0.2) is 47.0 Å². The molecule has 1 amide bonds. The largest absolute Gasteiger partial charge is 0.361 e. The van der Waals surface area contributed by atoms with Crippen molar-refractivity contribution in [1.29, 1.82) is 0 Å². The third-order valence-electron chi connectivity index (χ3n) is 4.09. The molecule has 1 fully saturated rings. The summed E-state index contributed by atoms with van der Waals surface area (Å²) in [6.07, 6.45) is 3.66. The molecule has 4 heteroatoms. The normalized spacial score (nSPS) is 18.7. The van der Waals surface area contributed by atoms with Crippen LogP contribution in [-0.4, -0.2) is 22.5 Å². The van der Waals surface area contributed by atoms with Gasteiger partial charge in [-0.25, -0.2) is 0 Å². The Morgan fingerprint density at radius 1 is 1.36 bits per heavy atom. The molecule has 2 heterocycles. The summed E-state index contributed by atoms with van der Waals surface area (Å²) in [5.41, 5.74) is 2.91. The van der Waals surface area contributed by atoms with Crippen LogP contribution >= 0.6 is 0 Å². The number of aromatic nitrogens is 1. The Kier molecular flexibility index (Phi) is 4.09. The SMILES string of the molecule is C/C(=C\C(=O)N1CCC[C@H]1c1cc(C)on1)c1ccccc1. The molecule has 0 saturated carbocycles. The molecule has 3 rings (SSSR count). The third-order valence-corrected chi connectivity index (χ3v) is 4.09. The van der Waals surface area contributed by atoms with E-state index < -0.39 is 0 Å². The Hall–Kier alpha value is -2.36. The Balaban J connectivity index is 1.79. The van der Waals surface area contributed by atoms with Crippen LogP contribution in [0.25, 0.3) is 5.57 Å². The highest BCUT2D eigenvalue weighted by molar-refractivity contribution is 5.95. The summed E-state index contributed by atoms with van der Waals surface area (Å²) in [5.74, 6) is 0.829. The van der Waals surface area contributed by atoms with E-state index >= 15 is 0 Å². The van der Waals surface area contributed by atoms with E-state index in [0.29, 0.717) is 0 Å². The van der Waals surface area contributed by atoms with Crippen molar-refractivity contribution in [1.82, 2.24) is 10.1 Å². The number of hydrogen-bond acceptors (Lipinski definition) is 3. The summed E-state index contributed by atoms with van der Waals surface area (Å²) >= 11 is 0. The van der Waals surface area contributed by atoms with Gasteiger partial charge in [-0.15, -0.1) is 0 Å². The van der Waals surface area contributed by atoms with Gasteiger partial charge in [0, 0.05) is 18.7 Å². The number of likely N-dealkylation sites (tertiary alicyclic amines) is 1. The van der Waals surface area contributed by atoms with Gasteiger partial charge in [0.2, 0.25) is 5.91 Å². The minimum Gasteiger partial charge on any atom is -0.361 e. The zero-order chi connectivity index (χ0) is 15.5. The van der Waals surface area contributed by atoms with Crippen LogP contribution < -0.4 is 0 Å². The van der Waals surface area contributed by atoms with Crippen LogP contribution in [0.1, 0.15) is 42.8 Å². The average molecular weight is 296 g/mol. The predicted molar refractivity (Wildman–Crippen MR) is 85.0 cm³/mol. The van der Waals surface area contributed by atoms with Crippen LogP contribution in [0.5, 0.6) is 0 Å². The van der Waals surface area contributed by atoms with Crippen molar-refractivity contribution in [3.8, 4) is 0 Å². The molecule has 1 aliphatic heterocycles. The Morgan fingerprint density at radius 3 is 2.82 bits per heavy atom. The third kappa shape index (κ3) is 2.96. The highest BCUT2D eigenvalue weighted by Crippen LogP contribution is 2.32. The van der Waals surface area contributed by atoms with Crippen molar-refractivity contribution in [3.05, 3.63) is 59.5 Å². The maximum absolute atomic E-state index is 12.6. The van der Waals surface area contributed by atoms with Crippen molar-refractivity contribution in [2.75, 3.05) is 6.54 Å². The van der Waals surface area contributed by atoms with Gasteiger partial charge in [0.1, 0.15) is 11.5 Å². The maximum Gasteiger partial charge on any atom is 0.247 e. The monoisotopic (exact) mass is 296 g/mol. The van der Waals surface area contributed by atoms with E-state index in [4.69, 9.17) is 4.52 Å². The van der Waals surface area contributed by atoms with Gasteiger partial charge < -0.3 is 9.42 Å². The second kappa shape index (κ2) is 6.18. The summed E-state index contributed by atoms with van der Waals surface area (Å²) in [4.78, 5) is 14.5. The molecule has 1 aliphatic rings. The van der Waals surface area contributed by atoms with Crippen LogP contribution in [-0.2, 0) is 4.79 Å². The van der Waals surface area contributed by atoms with Crippen molar-refractivity contribution >= 4 is 11.5 Å². The topological polar surface area (TPSA) is 46.3 Å². The molecule has 114 valence electrons. The Morgan fingerprint density at radius 2 is 2.14 bits per heavy atom. The quantitative estimate of drug-likeness (QED) is 0.810. The molecular weight excluding hydrogens is 276 g/mol. The molecule has 0 aliphatic carbocycles. The number of amides is 1. The smallest absolute Gasteiger partial charge is 0.247 e. The summed E-state index contributed by atoms with van der Waals surface area (Å²) in [5, 5.41) is 4.08. The molecule has 4 nitrogen and oxygen atoms in total. The van der Waals surface area contributed by atoms with Crippen molar-refractivity contribution < 1.29 is 9.32 Å². The molecule has 0 spiro atoms. The summed E-state index contributed by atoms with van der Waals surface area (Å²) in [6.45, 7) is 4.61. The number of carbonyl (C=O) groups excluding carboxylic acids is 1. The van der Waals surface area contributed by atoms with Gasteiger partial charge in [0.25, 0.3) is 0 Å². The molecule has 0 bridgehead atoms. The number of carbonyl (C=O) groups is 1. The first kappa shape index (κ1) is 14.6. The van der Waals surface area contributed by atoms with Gasteiger partial charge in [0.05, 0.1) is 6.04 Å². The molecule has 1 aromatic carbocycles. The summed E-state index contributed by atoms with van der Waals surface area (Å²) in [7, 11) is 0. The number of hydrogen-bond donors (Lipinski definition) is 0. The second-order valence-electron chi connectivity index (χ2n) is 5.75. The molecule has 0 unspecified atom stereocenters. The van der Waals surface area contributed by atoms with Crippen LogP contribution in [0, 0.1) is 6.92 Å². The standard InChI is InChI=1S/C18H20N2O2/c1-13(15-7-4-3-5-8-15)11-18(21)20-10-6-9-17(20)16-12-14(2)22-19-16/h3-5,7-8,11-12,17H,6,9-10H2,1-2H3/b13-11+/t17-/m0/s1. The number of nitrogens with zero attached hydrogens (tertiary/aromatic N) is 2. The molecule has 1 saturated heterocycles. The van der Waals surface area contributed by atoms with Crippen LogP contribution in [0.2, 0.25) is 0 Å². The molecular formula is C18H20N2O2. The van der Waals surface area contributed by atoms with Crippen LogP contribution in [0.3, 0.4) is 0 Å². The van der Waals surface area contributed by atoms with Crippen LogP contribution in [0.4, 0.5) is 0 Å². The second-order valence-corrected chi connectivity index (χ2v) is 5.75. The van der Waals surface area contributed by atoms with Gasteiger partial charge in [-0.3, -0.25) is 4.79 Å². The lowest BCUT2D eigenvalue weighted by molar-refractivity contribution is -0.126. The van der Waals surface area contributed by atoms with E-state index in [1.54, 1.807) is 6.08 Å². The fourth-order valence-corrected chi connectivity index (χ4v) is 2.93. The van der Waals surface area contributed by atoms with Gasteiger partial charge in [0.15, 0.2) is 0 Å². The minimum atomic E-state index is 0.0322. The van der Waals surface area contributed by atoms with Gasteiger partial charge in [-0.1, -0.05) is 35.5 Å². The number of rotatable bonds is 3. The van der Waals surface area contributed by atoms with E-state index in [1.807, 2.05) is 55.1 Å². The van der Waals surface area contributed by atoms with Crippen molar-refractivity contribution in [2.45, 2.75) is 32.7 Å². The first-order chi connectivity index (χ1) is 10.6.